The van der Waals surface area contributed by atoms with Crippen molar-refractivity contribution in [3.63, 3.8) is 0 Å². The minimum atomic E-state index is 0.00389. The van der Waals surface area contributed by atoms with E-state index in [0.29, 0.717) is 18.7 Å². The van der Waals surface area contributed by atoms with Crippen LogP contribution >= 0.6 is 0 Å². The molecule has 1 unspecified atom stereocenters. The number of likely N-dealkylation sites (tertiary alicyclic amines) is 2. The lowest BCUT2D eigenvalue weighted by Crippen LogP contribution is -2.47. The zero-order chi connectivity index (χ0) is 27.2. The van der Waals surface area contributed by atoms with Crippen LogP contribution in [0, 0.1) is 0 Å². The highest BCUT2D eigenvalue weighted by molar-refractivity contribution is 5.95. The van der Waals surface area contributed by atoms with E-state index in [4.69, 9.17) is 0 Å². The van der Waals surface area contributed by atoms with Crippen molar-refractivity contribution in [3.05, 3.63) is 96.1 Å². The van der Waals surface area contributed by atoms with Gasteiger partial charge in [0.1, 0.15) is 0 Å². The minimum Gasteiger partial charge on any atom is -0.337 e. The fourth-order valence-corrected chi connectivity index (χ4v) is 5.90. The molecule has 0 radical (unpaired) electrons. The Morgan fingerprint density at radius 3 is 2.08 bits per heavy atom. The Morgan fingerprint density at radius 2 is 1.36 bits per heavy atom. The highest BCUT2D eigenvalue weighted by Gasteiger charge is 2.35. The predicted octanol–water partition coefficient (Wildman–Crippen LogP) is 5.26. The fraction of sp³-hybridized carbons (Fsp3) is 0.394. The van der Waals surface area contributed by atoms with Gasteiger partial charge in [-0.15, -0.1) is 0 Å². The lowest BCUT2D eigenvalue weighted by molar-refractivity contribution is 0.0734. The normalized spacial score (nSPS) is 19.3. The molecule has 3 amide bonds. The number of benzene rings is 3. The molecule has 0 aliphatic carbocycles. The number of aryl methyl sites for hydroxylation is 1. The van der Waals surface area contributed by atoms with Crippen LogP contribution in [-0.4, -0.2) is 90.4 Å². The fourth-order valence-electron chi connectivity index (χ4n) is 5.90. The second-order valence-electron chi connectivity index (χ2n) is 11.0. The molecule has 5 rings (SSSR count). The summed E-state index contributed by atoms with van der Waals surface area (Å²) in [6.07, 6.45) is 4.05. The molecule has 0 saturated carbocycles. The number of hydrogen-bond donors (Lipinski definition) is 0. The van der Waals surface area contributed by atoms with Gasteiger partial charge in [-0.2, -0.15) is 0 Å². The highest BCUT2D eigenvalue weighted by Crippen LogP contribution is 2.23. The third-order valence-electron chi connectivity index (χ3n) is 8.42. The zero-order valence-corrected chi connectivity index (χ0v) is 23.2. The molecule has 2 saturated heterocycles. The lowest BCUT2D eigenvalue weighted by atomic mass is 10.0. The van der Waals surface area contributed by atoms with Gasteiger partial charge in [-0.3, -0.25) is 4.79 Å². The molecule has 2 heterocycles. The first-order valence-corrected chi connectivity index (χ1v) is 14.2. The van der Waals surface area contributed by atoms with E-state index < -0.39 is 0 Å². The van der Waals surface area contributed by atoms with Crippen LogP contribution in [0.4, 0.5) is 4.79 Å². The first-order valence-electron chi connectivity index (χ1n) is 14.2. The Balaban J connectivity index is 1.09. The van der Waals surface area contributed by atoms with Crippen LogP contribution in [0.5, 0.6) is 0 Å². The SMILES string of the molecule is CN(C(=O)N1CC[C@H](N(C)C(=O)c2ccc(-c3ccccc3)cc2)C1)C1CCN(CCCc2ccccc2)C1. The van der Waals surface area contributed by atoms with Crippen molar-refractivity contribution in [1.29, 1.82) is 0 Å². The molecule has 2 aliphatic rings. The summed E-state index contributed by atoms with van der Waals surface area (Å²) < 4.78 is 0. The minimum absolute atomic E-state index is 0.00389. The molecular formula is C33H40N4O2. The summed E-state index contributed by atoms with van der Waals surface area (Å²) in [4.78, 5) is 34.7. The molecule has 3 aromatic rings. The van der Waals surface area contributed by atoms with Crippen LogP contribution in [0.3, 0.4) is 0 Å². The lowest BCUT2D eigenvalue weighted by Gasteiger charge is -2.30. The maximum Gasteiger partial charge on any atom is 0.320 e. The van der Waals surface area contributed by atoms with Gasteiger partial charge in [0.15, 0.2) is 0 Å². The number of likely N-dealkylation sites (N-methyl/N-ethyl adjacent to an activating group) is 2. The van der Waals surface area contributed by atoms with Crippen LogP contribution in [0.15, 0.2) is 84.9 Å². The van der Waals surface area contributed by atoms with Gasteiger partial charge in [0.05, 0.1) is 6.04 Å². The van der Waals surface area contributed by atoms with Crippen LogP contribution < -0.4 is 0 Å². The summed E-state index contributed by atoms with van der Waals surface area (Å²) in [5, 5.41) is 0. The summed E-state index contributed by atoms with van der Waals surface area (Å²) in [5.74, 6) is 0.00389. The number of rotatable bonds is 8. The van der Waals surface area contributed by atoms with Crippen molar-refractivity contribution in [3.8, 4) is 11.1 Å². The number of carbonyl (C=O) groups is 2. The van der Waals surface area contributed by atoms with Gasteiger partial charge >= 0.3 is 6.03 Å². The van der Waals surface area contributed by atoms with E-state index in [9.17, 15) is 9.59 Å². The molecular weight excluding hydrogens is 484 g/mol. The summed E-state index contributed by atoms with van der Waals surface area (Å²) in [7, 11) is 3.80. The standard InChI is InChI=1S/C33H40N4O2/c1-34(32(38)29-17-15-28(16-18-29)27-13-7-4-8-14-27)31-20-23-37(25-31)33(39)35(2)30-19-22-36(24-30)21-9-12-26-10-5-3-6-11-26/h3-8,10-11,13-18,30-31H,9,12,19-25H2,1-2H3/t30?,31-/m0/s1. The van der Waals surface area contributed by atoms with Crippen molar-refractivity contribution in [2.24, 2.45) is 0 Å². The molecule has 2 fully saturated rings. The van der Waals surface area contributed by atoms with Gasteiger partial charge in [-0.25, -0.2) is 4.79 Å². The van der Waals surface area contributed by atoms with Crippen molar-refractivity contribution in [2.75, 3.05) is 46.8 Å². The van der Waals surface area contributed by atoms with Gasteiger partial charge < -0.3 is 19.6 Å². The van der Waals surface area contributed by atoms with Gasteiger partial charge in [0, 0.05) is 51.9 Å². The van der Waals surface area contributed by atoms with Crippen molar-refractivity contribution < 1.29 is 9.59 Å². The second-order valence-corrected chi connectivity index (χ2v) is 11.0. The molecule has 2 aliphatic heterocycles. The van der Waals surface area contributed by atoms with E-state index in [1.807, 2.05) is 71.3 Å². The molecule has 0 spiro atoms. The summed E-state index contributed by atoms with van der Waals surface area (Å²) in [6, 6.07) is 29.0. The molecule has 204 valence electrons. The first kappa shape index (κ1) is 26.9. The average molecular weight is 525 g/mol. The van der Waals surface area contributed by atoms with E-state index in [1.54, 1.807) is 0 Å². The third-order valence-corrected chi connectivity index (χ3v) is 8.42. The molecule has 0 N–H and O–H groups in total. The number of urea groups is 1. The number of nitrogens with zero attached hydrogens (tertiary/aromatic N) is 4. The second kappa shape index (κ2) is 12.5. The molecule has 0 aromatic heterocycles. The highest BCUT2D eigenvalue weighted by atomic mass is 16.2. The molecule has 6 nitrogen and oxygen atoms in total. The Morgan fingerprint density at radius 1 is 0.744 bits per heavy atom. The largest absolute Gasteiger partial charge is 0.337 e. The zero-order valence-electron chi connectivity index (χ0n) is 23.2. The monoisotopic (exact) mass is 524 g/mol. The van der Waals surface area contributed by atoms with Gasteiger partial charge in [-0.1, -0.05) is 72.8 Å². The maximum atomic E-state index is 13.3. The molecule has 2 atom stereocenters. The molecule has 6 heteroatoms. The van der Waals surface area contributed by atoms with Crippen LogP contribution in [-0.2, 0) is 6.42 Å². The van der Waals surface area contributed by atoms with E-state index >= 15 is 0 Å². The van der Waals surface area contributed by atoms with E-state index in [0.717, 1.165) is 56.4 Å². The van der Waals surface area contributed by atoms with Gasteiger partial charge in [0.25, 0.3) is 5.91 Å². The van der Waals surface area contributed by atoms with Gasteiger partial charge in [0.2, 0.25) is 0 Å². The summed E-state index contributed by atoms with van der Waals surface area (Å²) in [6.45, 7) is 4.32. The summed E-state index contributed by atoms with van der Waals surface area (Å²) in [5.41, 5.74) is 4.29. The van der Waals surface area contributed by atoms with Crippen LogP contribution in [0.1, 0.15) is 35.2 Å². The smallest absolute Gasteiger partial charge is 0.320 e. The number of carbonyl (C=O) groups excluding carboxylic acids is 2. The number of amides is 3. The van der Waals surface area contributed by atoms with E-state index in [1.165, 1.54) is 5.56 Å². The predicted molar refractivity (Wildman–Crippen MR) is 157 cm³/mol. The maximum absolute atomic E-state index is 13.3. The average Bonchev–Trinajstić information content (AvgIpc) is 3.67. The Hall–Kier alpha value is -3.64. The Kier molecular flexibility index (Phi) is 8.62. The quantitative estimate of drug-likeness (QED) is 0.404. The van der Waals surface area contributed by atoms with Gasteiger partial charge in [-0.05, 0) is 61.1 Å². The molecule has 0 bridgehead atoms. The summed E-state index contributed by atoms with van der Waals surface area (Å²) >= 11 is 0. The Bertz CT molecular complexity index is 1230. The van der Waals surface area contributed by atoms with Crippen LogP contribution in [0.25, 0.3) is 11.1 Å². The number of hydrogen-bond acceptors (Lipinski definition) is 3. The first-order chi connectivity index (χ1) is 19.0. The third kappa shape index (κ3) is 6.51. The topological polar surface area (TPSA) is 47.1 Å². The Labute approximate surface area is 232 Å². The van der Waals surface area contributed by atoms with E-state index in [2.05, 4.69) is 47.4 Å². The van der Waals surface area contributed by atoms with Crippen LogP contribution in [0.2, 0.25) is 0 Å². The van der Waals surface area contributed by atoms with Crippen molar-refractivity contribution in [1.82, 2.24) is 19.6 Å². The molecule has 39 heavy (non-hydrogen) atoms. The molecule has 3 aromatic carbocycles. The van der Waals surface area contributed by atoms with E-state index in [-0.39, 0.29) is 24.0 Å². The van der Waals surface area contributed by atoms with Crippen molar-refractivity contribution >= 4 is 11.9 Å². The van der Waals surface area contributed by atoms with Crippen molar-refractivity contribution in [2.45, 2.75) is 37.8 Å².